The van der Waals surface area contributed by atoms with E-state index in [0.29, 0.717) is 25.3 Å². The Morgan fingerprint density at radius 2 is 1.78 bits per heavy atom. The van der Waals surface area contributed by atoms with Gasteiger partial charge in [-0.3, -0.25) is 4.79 Å². The van der Waals surface area contributed by atoms with Crippen molar-refractivity contribution in [1.82, 2.24) is 13.9 Å². The summed E-state index contributed by atoms with van der Waals surface area (Å²) in [5.41, 5.74) is 1.73. The predicted molar refractivity (Wildman–Crippen MR) is 126 cm³/mol. The summed E-state index contributed by atoms with van der Waals surface area (Å²) in [4.78, 5) is 17.3. The molecule has 9 heteroatoms. The summed E-state index contributed by atoms with van der Waals surface area (Å²) in [6.45, 7) is 3.64. The second-order valence-corrected chi connectivity index (χ2v) is 11.0. The largest absolute Gasteiger partial charge is 0.325 e. The van der Waals surface area contributed by atoms with Gasteiger partial charge in [-0.05, 0) is 49.6 Å². The second-order valence-electron chi connectivity index (χ2n) is 7.71. The van der Waals surface area contributed by atoms with Crippen molar-refractivity contribution in [2.24, 2.45) is 0 Å². The van der Waals surface area contributed by atoms with Crippen LogP contribution in [0.1, 0.15) is 25.3 Å². The van der Waals surface area contributed by atoms with Crippen molar-refractivity contribution in [1.29, 1.82) is 0 Å². The zero-order chi connectivity index (χ0) is 22.6. The van der Waals surface area contributed by atoms with Crippen LogP contribution < -0.4 is 5.32 Å². The first-order valence-corrected chi connectivity index (χ1v) is 12.9. The summed E-state index contributed by atoms with van der Waals surface area (Å²) < 4.78 is 28.8. The molecule has 3 aromatic rings. The molecule has 32 heavy (non-hydrogen) atoms. The standard InChI is InChI=1S/C23H26N4O3S2/c1-18(31-23-24-13-16-26(23)17-19-7-3-2-4-8-19)22(28)25-20-9-11-21(12-10-20)32(29,30)27-14-5-6-15-27/h2-4,7-13,16,18H,5-6,14-15,17H2,1H3,(H,25,28). The molecule has 168 valence electrons. The number of carbonyl (C=O) groups excluding carboxylic acids is 1. The zero-order valence-electron chi connectivity index (χ0n) is 17.8. The van der Waals surface area contributed by atoms with Crippen molar-refractivity contribution in [2.75, 3.05) is 18.4 Å². The maximum atomic E-state index is 12.7. The van der Waals surface area contributed by atoms with Crippen LogP contribution in [0.25, 0.3) is 0 Å². The summed E-state index contributed by atoms with van der Waals surface area (Å²) in [5.74, 6) is -0.167. The van der Waals surface area contributed by atoms with Crippen LogP contribution in [0, 0.1) is 0 Å². The molecule has 1 aliphatic heterocycles. The lowest BCUT2D eigenvalue weighted by atomic mass is 10.2. The second kappa shape index (κ2) is 9.89. The lowest BCUT2D eigenvalue weighted by Gasteiger charge is -2.16. The average molecular weight is 471 g/mol. The molecule has 1 fully saturated rings. The Bertz CT molecular complexity index is 1160. The summed E-state index contributed by atoms with van der Waals surface area (Å²) in [6, 6.07) is 16.4. The first-order valence-electron chi connectivity index (χ1n) is 10.6. The monoisotopic (exact) mass is 470 g/mol. The number of hydrogen-bond acceptors (Lipinski definition) is 5. The van der Waals surface area contributed by atoms with Crippen molar-refractivity contribution < 1.29 is 13.2 Å². The third kappa shape index (κ3) is 5.23. The molecule has 1 aliphatic rings. The van der Waals surface area contributed by atoms with Crippen molar-refractivity contribution in [3.63, 3.8) is 0 Å². The van der Waals surface area contributed by atoms with Gasteiger partial charge < -0.3 is 9.88 Å². The first-order chi connectivity index (χ1) is 15.4. The molecule has 1 amide bonds. The molecular formula is C23H26N4O3S2. The van der Waals surface area contributed by atoms with Gasteiger partial charge in [0.15, 0.2) is 5.16 Å². The predicted octanol–water partition coefficient (Wildman–Crippen LogP) is 3.84. The number of imidazole rings is 1. The molecule has 0 bridgehead atoms. The molecule has 0 radical (unpaired) electrons. The lowest BCUT2D eigenvalue weighted by molar-refractivity contribution is -0.115. The van der Waals surface area contributed by atoms with Gasteiger partial charge in [0, 0.05) is 37.7 Å². The SMILES string of the molecule is CC(Sc1nccn1Cc1ccccc1)C(=O)Nc1ccc(S(=O)(=O)N2CCCC2)cc1. The first kappa shape index (κ1) is 22.6. The van der Waals surface area contributed by atoms with Crippen LogP contribution in [0.15, 0.2) is 77.0 Å². The highest BCUT2D eigenvalue weighted by Gasteiger charge is 2.27. The van der Waals surface area contributed by atoms with E-state index in [4.69, 9.17) is 0 Å². The van der Waals surface area contributed by atoms with Gasteiger partial charge in [-0.15, -0.1) is 0 Å². The smallest absolute Gasteiger partial charge is 0.243 e. The lowest BCUT2D eigenvalue weighted by Crippen LogP contribution is -2.27. The summed E-state index contributed by atoms with van der Waals surface area (Å²) in [7, 11) is -3.46. The molecule has 1 atom stereocenters. The van der Waals surface area contributed by atoms with Gasteiger partial charge in [0.1, 0.15) is 0 Å². The quantitative estimate of drug-likeness (QED) is 0.506. The summed E-state index contributed by atoms with van der Waals surface area (Å²) in [6.07, 6.45) is 5.42. The van der Waals surface area contributed by atoms with E-state index in [2.05, 4.69) is 22.4 Å². The van der Waals surface area contributed by atoms with Crippen LogP contribution in [0.2, 0.25) is 0 Å². The van der Waals surface area contributed by atoms with Gasteiger partial charge >= 0.3 is 0 Å². The number of hydrogen-bond donors (Lipinski definition) is 1. The fourth-order valence-corrected chi connectivity index (χ4v) is 5.94. The van der Waals surface area contributed by atoms with Crippen LogP contribution in [-0.2, 0) is 21.4 Å². The molecule has 1 unspecified atom stereocenters. The van der Waals surface area contributed by atoms with Crippen LogP contribution in [-0.4, -0.2) is 46.5 Å². The molecule has 2 aromatic carbocycles. The molecule has 1 aromatic heterocycles. The van der Waals surface area contributed by atoms with Gasteiger partial charge in [-0.1, -0.05) is 42.1 Å². The Morgan fingerprint density at radius 1 is 1.09 bits per heavy atom. The molecule has 1 N–H and O–H groups in total. The topological polar surface area (TPSA) is 84.3 Å². The van der Waals surface area contributed by atoms with Crippen LogP contribution >= 0.6 is 11.8 Å². The minimum absolute atomic E-state index is 0.167. The molecule has 4 rings (SSSR count). The van der Waals surface area contributed by atoms with Gasteiger partial charge in [-0.2, -0.15) is 4.31 Å². The molecule has 7 nitrogen and oxygen atoms in total. The minimum Gasteiger partial charge on any atom is -0.325 e. The highest BCUT2D eigenvalue weighted by Crippen LogP contribution is 2.25. The summed E-state index contributed by atoms with van der Waals surface area (Å²) in [5, 5.41) is 3.26. The van der Waals surface area contributed by atoms with Gasteiger partial charge in [0.2, 0.25) is 15.9 Å². The maximum Gasteiger partial charge on any atom is 0.243 e. The number of aromatic nitrogens is 2. The van der Waals surface area contributed by atoms with Crippen molar-refractivity contribution in [3.05, 3.63) is 72.6 Å². The van der Waals surface area contributed by atoms with E-state index in [-0.39, 0.29) is 16.1 Å². The third-order valence-corrected chi connectivity index (χ3v) is 8.38. The number of carbonyl (C=O) groups is 1. The zero-order valence-corrected chi connectivity index (χ0v) is 19.5. The number of sulfonamides is 1. The molecule has 0 saturated carbocycles. The Morgan fingerprint density at radius 3 is 2.47 bits per heavy atom. The van der Waals surface area contributed by atoms with Gasteiger partial charge in [0.25, 0.3) is 0 Å². The Hall–Kier alpha value is -2.62. The number of anilines is 1. The number of rotatable bonds is 8. The van der Waals surface area contributed by atoms with Crippen LogP contribution in [0.3, 0.4) is 0 Å². The fraction of sp³-hybridized carbons (Fsp3) is 0.304. The number of benzene rings is 2. The van der Waals surface area contributed by atoms with E-state index >= 15 is 0 Å². The molecule has 0 spiro atoms. The van der Waals surface area contributed by atoms with E-state index in [1.54, 1.807) is 30.5 Å². The van der Waals surface area contributed by atoms with E-state index in [9.17, 15) is 13.2 Å². The molecular weight excluding hydrogens is 444 g/mol. The molecule has 1 saturated heterocycles. The van der Waals surface area contributed by atoms with Gasteiger partial charge in [-0.25, -0.2) is 13.4 Å². The fourth-order valence-electron chi connectivity index (χ4n) is 3.56. The Labute approximate surface area is 192 Å². The third-order valence-electron chi connectivity index (χ3n) is 5.35. The number of nitrogens with zero attached hydrogens (tertiary/aromatic N) is 3. The average Bonchev–Trinajstić information content (AvgIpc) is 3.48. The van der Waals surface area contributed by atoms with Crippen molar-refractivity contribution in [3.8, 4) is 0 Å². The van der Waals surface area contributed by atoms with Crippen LogP contribution in [0.5, 0.6) is 0 Å². The minimum atomic E-state index is -3.46. The van der Waals surface area contributed by atoms with Crippen LogP contribution in [0.4, 0.5) is 5.69 Å². The highest BCUT2D eigenvalue weighted by atomic mass is 32.2. The Kier molecular flexibility index (Phi) is 6.98. The van der Waals surface area contributed by atoms with E-state index < -0.39 is 10.0 Å². The van der Waals surface area contributed by atoms with Crippen molar-refractivity contribution >= 4 is 33.4 Å². The van der Waals surface area contributed by atoms with E-state index in [0.717, 1.165) is 23.6 Å². The molecule has 0 aliphatic carbocycles. The normalized spacial score (nSPS) is 15.5. The van der Waals surface area contributed by atoms with Crippen molar-refractivity contribution in [2.45, 2.75) is 41.6 Å². The van der Waals surface area contributed by atoms with Gasteiger partial charge in [0.05, 0.1) is 10.1 Å². The molecule has 2 heterocycles. The number of amides is 1. The van der Waals surface area contributed by atoms with E-state index in [1.807, 2.05) is 35.9 Å². The highest BCUT2D eigenvalue weighted by molar-refractivity contribution is 8.00. The number of thioether (sulfide) groups is 1. The maximum absolute atomic E-state index is 12.7. The van der Waals surface area contributed by atoms with E-state index in [1.165, 1.54) is 16.1 Å². The summed E-state index contributed by atoms with van der Waals surface area (Å²) >= 11 is 1.38. The number of nitrogens with one attached hydrogen (secondary N) is 1. The Balaban J connectivity index is 1.37.